The fourth-order valence-corrected chi connectivity index (χ4v) is 3.81. The number of rotatable bonds is 2. The first-order valence-corrected chi connectivity index (χ1v) is 8.39. The molecule has 0 fully saturated rings. The van der Waals surface area contributed by atoms with Gasteiger partial charge in [0, 0.05) is 0 Å². The minimum absolute atomic E-state index is 0.299. The van der Waals surface area contributed by atoms with Gasteiger partial charge < -0.3 is 0 Å². The predicted octanol–water partition coefficient (Wildman–Crippen LogP) is 5.67. The highest BCUT2D eigenvalue weighted by Gasteiger charge is 2.15. The maximum atomic E-state index is 3.89. The van der Waals surface area contributed by atoms with Crippen LogP contribution in [-0.2, 0) is 12.8 Å². The van der Waals surface area contributed by atoms with Crippen molar-refractivity contribution in [3.63, 3.8) is 0 Å². The van der Waals surface area contributed by atoms with Gasteiger partial charge in [0.1, 0.15) is 0 Å². The Morgan fingerprint density at radius 1 is 0.800 bits per heavy atom. The molecule has 0 amide bonds. The summed E-state index contributed by atoms with van der Waals surface area (Å²) in [6.07, 6.45) is 5.19. The summed E-state index contributed by atoms with van der Waals surface area (Å²) in [4.78, 5) is 0.299. The summed E-state index contributed by atoms with van der Waals surface area (Å²) in [5, 5.41) is 0. The van der Waals surface area contributed by atoms with E-state index in [1.165, 1.54) is 47.9 Å². The number of aryl methyl sites for hydroxylation is 4. The summed E-state index contributed by atoms with van der Waals surface area (Å²) in [5.41, 5.74) is 8.53. The molecule has 20 heavy (non-hydrogen) atoms. The van der Waals surface area contributed by atoms with Gasteiger partial charge in [-0.1, -0.05) is 63.5 Å². The van der Waals surface area contributed by atoms with Crippen LogP contribution in [-0.4, -0.2) is 0 Å². The van der Waals surface area contributed by atoms with E-state index in [9.17, 15) is 0 Å². The zero-order chi connectivity index (χ0) is 14.1. The topological polar surface area (TPSA) is 0 Å². The lowest BCUT2D eigenvalue weighted by molar-refractivity contribution is 0.684. The van der Waals surface area contributed by atoms with E-state index in [1.54, 1.807) is 11.1 Å². The summed E-state index contributed by atoms with van der Waals surface area (Å²) >= 11 is 3.89. The fourth-order valence-electron chi connectivity index (χ4n) is 3.26. The molecule has 1 unspecified atom stereocenters. The highest BCUT2D eigenvalue weighted by Crippen LogP contribution is 2.34. The van der Waals surface area contributed by atoms with E-state index in [2.05, 4.69) is 66.2 Å². The molecule has 2 aromatic rings. The zero-order valence-corrected chi connectivity index (χ0v) is 13.8. The molecule has 0 saturated heterocycles. The Morgan fingerprint density at radius 3 is 2.15 bits per heavy atom. The molecule has 0 bridgehead atoms. The Morgan fingerprint density at radius 2 is 1.45 bits per heavy atom. The van der Waals surface area contributed by atoms with E-state index in [4.69, 9.17) is 0 Å². The number of fused-ring (bicyclic) bond motifs is 1. The van der Waals surface area contributed by atoms with Crippen molar-refractivity contribution in [2.24, 2.45) is 0 Å². The molecule has 0 saturated carbocycles. The van der Waals surface area contributed by atoms with Crippen molar-refractivity contribution in [3.8, 4) is 0 Å². The molecule has 0 spiro atoms. The maximum Gasteiger partial charge on any atom is 0.0644 e. The van der Waals surface area contributed by atoms with Gasteiger partial charge in [-0.3, -0.25) is 0 Å². The average Bonchev–Trinajstić information content (AvgIpc) is 2.45. The number of alkyl halides is 1. The Bertz CT molecular complexity index is 607. The number of hydrogen-bond donors (Lipinski definition) is 0. The predicted molar refractivity (Wildman–Crippen MR) is 89.8 cm³/mol. The SMILES string of the molecule is Cc1cc(C)cc(C(Br)c2ccc3c(c2)CCCC3)c1. The standard InChI is InChI=1S/C19H21Br/c1-13-9-14(2)11-18(10-13)19(20)17-8-7-15-5-3-4-6-16(15)12-17/h7-12,19H,3-6H2,1-2H3. The smallest absolute Gasteiger partial charge is 0.0644 e. The van der Waals surface area contributed by atoms with E-state index < -0.39 is 0 Å². The average molecular weight is 329 g/mol. The Balaban J connectivity index is 1.95. The molecule has 2 aromatic carbocycles. The third kappa shape index (κ3) is 2.83. The Hall–Kier alpha value is -1.08. The van der Waals surface area contributed by atoms with Gasteiger partial charge >= 0.3 is 0 Å². The molecule has 0 N–H and O–H groups in total. The van der Waals surface area contributed by atoms with Crippen molar-refractivity contribution in [2.45, 2.75) is 44.4 Å². The van der Waals surface area contributed by atoms with Crippen LogP contribution in [0.5, 0.6) is 0 Å². The second kappa shape index (κ2) is 5.73. The highest BCUT2D eigenvalue weighted by atomic mass is 79.9. The maximum absolute atomic E-state index is 3.89. The first-order valence-electron chi connectivity index (χ1n) is 7.47. The van der Waals surface area contributed by atoms with Gasteiger partial charge in [0.15, 0.2) is 0 Å². The minimum Gasteiger partial charge on any atom is -0.0786 e. The Kier molecular flexibility index (Phi) is 3.98. The molecule has 0 heterocycles. The molecule has 0 nitrogen and oxygen atoms in total. The van der Waals surface area contributed by atoms with Gasteiger partial charge in [-0.05, 0) is 61.8 Å². The molecular weight excluding hydrogens is 308 g/mol. The molecule has 1 aliphatic carbocycles. The third-order valence-electron chi connectivity index (χ3n) is 4.20. The van der Waals surface area contributed by atoms with Crippen LogP contribution in [0, 0.1) is 13.8 Å². The monoisotopic (exact) mass is 328 g/mol. The van der Waals surface area contributed by atoms with Crippen LogP contribution < -0.4 is 0 Å². The highest BCUT2D eigenvalue weighted by molar-refractivity contribution is 9.09. The van der Waals surface area contributed by atoms with E-state index in [-0.39, 0.29) is 0 Å². The van der Waals surface area contributed by atoms with Gasteiger partial charge in [0.2, 0.25) is 0 Å². The second-order valence-corrected chi connectivity index (χ2v) is 6.93. The number of hydrogen-bond acceptors (Lipinski definition) is 0. The van der Waals surface area contributed by atoms with Crippen LogP contribution in [0.25, 0.3) is 0 Å². The molecule has 0 radical (unpaired) electrons. The summed E-state index contributed by atoms with van der Waals surface area (Å²) in [6.45, 7) is 4.34. The quantitative estimate of drug-likeness (QED) is 0.623. The number of benzene rings is 2. The Labute approximate surface area is 130 Å². The van der Waals surface area contributed by atoms with Crippen molar-refractivity contribution >= 4 is 15.9 Å². The summed E-state index contributed by atoms with van der Waals surface area (Å²) in [6, 6.07) is 13.8. The van der Waals surface area contributed by atoms with Crippen LogP contribution >= 0.6 is 15.9 Å². The lowest BCUT2D eigenvalue weighted by atomic mass is 9.89. The lowest BCUT2D eigenvalue weighted by Crippen LogP contribution is -2.04. The largest absolute Gasteiger partial charge is 0.0786 e. The molecule has 0 aliphatic heterocycles. The summed E-state index contributed by atoms with van der Waals surface area (Å²) in [5.74, 6) is 0. The molecule has 1 atom stereocenters. The molecule has 1 aliphatic rings. The van der Waals surface area contributed by atoms with Gasteiger partial charge in [-0.25, -0.2) is 0 Å². The molecular formula is C19H21Br. The summed E-state index contributed by atoms with van der Waals surface area (Å²) < 4.78 is 0. The van der Waals surface area contributed by atoms with E-state index in [1.807, 2.05) is 0 Å². The van der Waals surface area contributed by atoms with E-state index in [0.29, 0.717) is 4.83 Å². The van der Waals surface area contributed by atoms with Crippen LogP contribution in [0.15, 0.2) is 36.4 Å². The van der Waals surface area contributed by atoms with Crippen LogP contribution in [0.3, 0.4) is 0 Å². The second-order valence-electron chi connectivity index (χ2n) is 6.02. The summed E-state index contributed by atoms with van der Waals surface area (Å²) in [7, 11) is 0. The van der Waals surface area contributed by atoms with Crippen LogP contribution in [0.4, 0.5) is 0 Å². The fraction of sp³-hybridized carbons (Fsp3) is 0.368. The zero-order valence-electron chi connectivity index (χ0n) is 12.2. The van der Waals surface area contributed by atoms with Crippen LogP contribution in [0.1, 0.15) is 51.0 Å². The van der Waals surface area contributed by atoms with Crippen molar-refractivity contribution in [2.75, 3.05) is 0 Å². The minimum atomic E-state index is 0.299. The first-order chi connectivity index (χ1) is 9.63. The van der Waals surface area contributed by atoms with Gasteiger partial charge in [0.05, 0.1) is 4.83 Å². The van der Waals surface area contributed by atoms with Crippen LogP contribution in [0.2, 0.25) is 0 Å². The van der Waals surface area contributed by atoms with Crippen molar-refractivity contribution in [1.29, 1.82) is 0 Å². The van der Waals surface area contributed by atoms with Gasteiger partial charge in [-0.2, -0.15) is 0 Å². The molecule has 3 rings (SSSR count). The first kappa shape index (κ1) is 13.9. The molecule has 104 valence electrons. The van der Waals surface area contributed by atoms with Crippen molar-refractivity contribution in [3.05, 3.63) is 69.8 Å². The molecule has 0 aromatic heterocycles. The molecule has 1 heteroatoms. The third-order valence-corrected chi connectivity index (χ3v) is 5.26. The van der Waals surface area contributed by atoms with E-state index in [0.717, 1.165) is 0 Å². The number of halogens is 1. The lowest BCUT2D eigenvalue weighted by Gasteiger charge is -2.19. The van der Waals surface area contributed by atoms with Gasteiger partial charge in [-0.15, -0.1) is 0 Å². The van der Waals surface area contributed by atoms with Crippen molar-refractivity contribution < 1.29 is 0 Å². The van der Waals surface area contributed by atoms with Crippen molar-refractivity contribution in [1.82, 2.24) is 0 Å². The van der Waals surface area contributed by atoms with E-state index >= 15 is 0 Å². The van der Waals surface area contributed by atoms with Gasteiger partial charge in [0.25, 0.3) is 0 Å². The normalized spacial score (nSPS) is 15.8.